The monoisotopic (exact) mass is 454 g/mol. The minimum atomic E-state index is -0.418. The van der Waals surface area contributed by atoms with Crippen LogP contribution in [0.5, 0.6) is 17.2 Å². The SMILES string of the molecule is COc1cc(N2CC(C(=O)N3CC(C)OC(c4ccccc4)C3)CC2=O)cc(OC)c1OC. The van der Waals surface area contributed by atoms with Crippen LogP contribution in [-0.2, 0) is 14.3 Å². The molecule has 2 aliphatic heterocycles. The number of amides is 2. The molecule has 0 radical (unpaired) electrons. The summed E-state index contributed by atoms with van der Waals surface area (Å²) in [5.74, 6) is 0.831. The van der Waals surface area contributed by atoms with Gasteiger partial charge in [-0.25, -0.2) is 0 Å². The van der Waals surface area contributed by atoms with Gasteiger partial charge in [-0.15, -0.1) is 0 Å². The Morgan fingerprint density at radius 2 is 1.64 bits per heavy atom. The third kappa shape index (κ3) is 4.61. The average molecular weight is 455 g/mol. The molecular weight excluding hydrogens is 424 g/mol. The van der Waals surface area contributed by atoms with Crippen LogP contribution in [0.15, 0.2) is 42.5 Å². The second kappa shape index (κ2) is 9.70. The Balaban J connectivity index is 1.51. The number of carbonyl (C=O) groups excluding carboxylic acids is 2. The summed E-state index contributed by atoms with van der Waals surface area (Å²) in [5.41, 5.74) is 1.66. The molecule has 0 spiro atoms. The van der Waals surface area contributed by atoms with Crippen LogP contribution in [-0.4, -0.2) is 63.8 Å². The van der Waals surface area contributed by atoms with Crippen LogP contribution >= 0.6 is 0 Å². The smallest absolute Gasteiger partial charge is 0.228 e. The van der Waals surface area contributed by atoms with E-state index < -0.39 is 5.92 Å². The van der Waals surface area contributed by atoms with E-state index in [1.807, 2.05) is 42.2 Å². The van der Waals surface area contributed by atoms with Crippen LogP contribution in [0.1, 0.15) is 25.0 Å². The normalized spacial score (nSPS) is 22.9. The van der Waals surface area contributed by atoms with Crippen molar-refractivity contribution >= 4 is 17.5 Å². The minimum Gasteiger partial charge on any atom is -0.493 e. The number of ether oxygens (including phenoxy) is 4. The van der Waals surface area contributed by atoms with Gasteiger partial charge in [0.05, 0.1) is 45.6 Å². The maximum atomic E-state index is 13.4. The lowest BCUT2D eigenvalue weighted by atomic mass is 10.0. The molecule has 176 valence electrons. The molecule has 2 aliphatic rings. The van der Waals surface area contributed by atoms with Crippen LogP contribution in [0.3, 0.4) is 0 Å². The molecule has 2 aromatic rings. The molecule has 0 N–H and O–H groups in total. The molecule has 0 aromatic heterocycles. The highest BCUT2D eigenvalue weighted by molar-refractivity contribution is 6.00. The van der Waals surface area contributed by atoms with Crippen molar-refractivity contribution in [2.24, 2.45) is 5.92 Å². The van der Waals surface area contributed by atoms with Gasteiger partial charge in [-0.3, -0.25) is 9.59 Å². The molecule has 8 nitrogen and oxygen atoms in total. The standard InChI is InChI=1S/C25H30N2O6/c1-16-13-26(15-22(33-16)17-8-6-5-7-9-17)25(29)18-10-23(28)27(14-18)19-11-20(30-2)24(32-4)21(12-19)31-3/h5-9,11-12,16,18,22H,10,13-15H2,1-4H3. The van der Waals surface area contributed by atoms with Crippen molar-refractivity contribution in [3.8, 4) is 17.2 Å². The molecule has 3 unspecified atom stereocenters. The van der Waals surface area contributed by atoms with Crippen LogP contribution in [0.2, 0.25) is 0 Å². The fourth-order valence-electron chi connectivity index (χ4n) is 4.59. The van der Waals surface area contributed by atoms with Gasteiger partial charge in [0.15, 0.2) is 11.5 Å². The Hall–Kier alpha value is -3.26. The van der Waals surface area contributed by atoms with Gasteiger partial charge in [-0.2, -0.15) is 0 Å². The van der Waals surface area contributed by atoms with Gasteiger partial charge in [-0.05, 0) is 12.5 Å². The number of hydrogen-bond acceptors (Lipinski definition) is 6. The maximum absolute atomic E-state index is 13.4. The molecule has 0 saturated carbocycles. The van der Waals surface area contributed by atoms with Crippen molar-refractivity contribution in [3.63, 3.8) is 0 Å². The second-order valence-corrected chi connectivity index (χ2v) is 8.38. The Morgan fingerprint density at radius 3 is 2.24 bits per heavy atom. The minimum absolute atomic E-state index is 0.0191. The van der Waals surface area contributed by atoms with Gasteiger partial charge in [0, 0.05) is 31.6 Å². The Bertz CT molecular complexity index is 986. The van der Waals surface area contributed by atoms with Crippen LogP contribution in [0.4, 0.5) is 5.69 Å². The first-order valence-electron chi connectivity index (χ1n) is 11.0. The summed E-state index contributed by atoms with van der Waals surface area (Å²) in [6, 6.07) is 13.4. The van der Waals surface area contributed by atoms with Crippen molar-refractivity contribution in [1.29, 1.82) is 0 Å². The van der Waals surface area contributed by atoms with E-state index in [-0.39, 0.29) is 30.4 Å². The summed E-state index contributed by atoms with van der Waals surface area (Å²) in [6.45, 7) is 3.26. The molecule has 2 fully saturated rings. The van der Waals surface area contributed by atoms with Crippen molar-refractivity contribution in [2.45, 2.75) is 25.6 Å². The number of anilines is 1. The summed E-state index contributed by atoms with van der Waals surface area (Å²) < 4.78 is 22.3. The summed E-state index contributed by atoms with van der Waals surface area (Å²) in [4.78, 5) is 29.8. The third-order valence-electron chi connectivity index (χ3n) is 6.18. The highest BCUT2D eigenvalue weighted by Gasteiger charge is 2.40. The van der Waals surface area contributed by atoms with Crippen molar-refractivity contribution in [2.75, 3.05) is 45.9 Å². The molecule has 2 aromatic carbocycles. The quantitative estimate of drug-likeness (QED) is 0.668. The van der Waals surface area contributed by atoms with Gasteiger partial charge in [0.2, 0.25) is 17.6 Å². The van der Waals surface area contributed by atoms with Gasteiger partial charge in [0.25, 0.3) is 0 Å². The predicted octanol–water partition coefficient (Wildman–Crippen LogP) is 3.05. The molecule has 8 heteroatoms. The molecule has 3 atom stereocenters. The summed E-state index contributed by atoms with van der Waals surface area (Å²) in [5, 5.41) is 0. The lowest BCUT2D eigenvalue weighted by molar-refractivity contribution is -0.148. The van der Waals surface area contributed by atoms with E-state index in [0.29, 0.717) is 42.6 Å². The van der Waals surface area contributed by atoms with E-state index in [9.17, 15) is 9.59 Å². The molecule has 2 amide bonds. The first-order valence-corrected chi connectivity index (χ1v) is 11.0. The number of nitrogens with zero attached hydrogens (tertiary/aromatic N) is 2. The number of benzene rings is 2. The second-order valence-electron chi connectivity index (χ2n) is 8.38. The Morgan fingerprint density at radius 1 is 0.970 bits per heavy atom. The van der Waals surface area contributed by atoms with E-state index >= 15 is 0 Å². The van der Waals surface area contributed by atoms with Crippen LogP contribution in [0.25, 0.3) is 0 Å². The summed E-state index contributed by atoms with van der Waals surface area (Å²) in [7, 11) is 4.59. The molecule has 2 heterocycles. The highest BCUT2D eigenvalue weighted by Crippen LogP contribution is 2.42. The van der Waals surface area contributed by atoms with E-state index in [4.69, 9.17) is 18.9 Å². The number of methoxy groups -OCH3 is 3. The van der Waals surface area contributed by atoms with E-state index in [1.165, 1.54) is 21.3 Å². The van der Waals surface area contributed by atoms with E-state index in [2.05, 4.69) is 0 Å². The zero-order chi connectivity index (χ0) is 23.5. The number of carbonyl (C=O) groups is 2. The van der Waals surface area contributed by atoms with Crippen molar-refractivity contribution in [3.05, 3.63) is 48.0 Å². The van der Waals surface area contributed by atoms with Crippen molar-refractivity contribution < 1.29 is 28.5 Å². The van der Waals surface area contributed by atoms with Gasteiger partial charge in [0.1, 0.15) is 6.10 Å². The van der Waals surface area contributed by atoms with Crippen molar-refractivity contribution in [1.82, 2.24) is 4.90 Å². The largest absolute Gasteiger partial charge is 0.493 e. The van der Waals surface area contributed by atoms with Gasteiger partial charge >= 0.3 is 0 Å². The first-order chi connectivity index (χ1) is 15.9. The lowest BCUT2D eigenvalue weighted by Gasteiger charge is -2.38. The lowest BCUT2D eigenvalue weighted by Crippen LogP contribution is -2.48. The summed E-state index contributed by atoms with van der Waals surface area (Å²) in [6.07, 6.45) is -0.101. The Kier molecular flexibility index (Phi) is 6.74. The molecule has 33 heavy (non-hydrogen) atoms. The third-order valence-corrected chi connectivity index (χ3v) is 6.18. The van der Waals surface area contributed by atoms with E-state index in [0.717, 1.165) is 5.56 Å². The molecule has 4 rings (SSSR count). The topological polar surface area (TPSA) is 77.5 Å². The van der Waals surface area contributed by atoms with Gasteiger partial charge < -0.3 is 28.7 Å². The highest BCUT2D eigenvalue weighted by atomic mass is 16.5. The molecule has 0 bridgehead atoms. The van der Waals surface area contributed by atoms with Crippen LogP contribution < -0.4 is 19.1 Å². The molecule has 2 saturated heterocycles. The first kappa shape index (κ1) is 22.9. The zero-order valence-corrected chi connectivity index (χ0v) is 19.4. The van der Waals surface area contributed by atoms with Gasteiger partial charge in [-0.1, -0.05) is 30.3 Å². The number of hydrogen-bond donors (Lipinski definition) is 0. The average Bonchev–Trinajstić information content (AvgIpc) is 3.24. The number of rotatable bonds is 6. The fraction of sp³-hybridized carbons (Fsp3) is 0.440. The van der Waals surface area contributed by atoms with Crippen LogP contribution in [0, 0.1) is 5.92 Å². The zero-order valence-electron chi connectivity index (χ0n) is 19.4. The summed E-state index contributed by atoms with van der Waals surface area (Å²) >= 11 is 0. The molecular formula is C25H30N2O6. The maximum Gasteiger partial charge on any atom is 0.228 e. The fourth-order valence-corrected chi connectivity index (χ4v) is 4.59. The molecule has 0 aliphatic carbocycles. The predicted molar refractivity (Wildman–Crippen MR) is 123 cm³/mol. The number of morpholine rings is 1. The Labute approximate surface area is 194 Å². The van der Waals surface area contributed by atoms with E-state index in [1.54, 1.807) is 17.0 Å².